The van der Waals surface area contributed by atoms with E-state index < -0.39 is 23.8 Å². The van der Waals surface area contributed by atoms with Gasteiger partial charge >= 0.3 is 5.97 Å². The molecule has 3 aromatic rings. The topological polar surface area (TPSA) is 104 Å². The maximum absolute atomic E-state index is 13.9. The van der Waals surface area contributed by atoms with Crippen molar-refractivity contribution in [2.24, 2.45) is 5.73 Å². The highest BCUT2D eigenvalue weighted by atomic mass is 19.1. The van der Waals surface area contributed by atoms with Crippen LogP contribution in [0, 0.1) is 17.1 Å². The number of ether oxygens (including phenoxy) is 4. The normalized spacial score (nSPS) is 14.9. The summed E-state index contributed by atoms with van der Waals surface area (Å²) in [6.07, 6.45) is 4.76. The van der Waals surface area contributed by atoms with Crippen LogP contribution in [0.15, 0.2) is 78.2 Å². The molecule has 0 fully saturated rings. The smallest absolute Gasteiger partial charge is 0.352 e. The lowest BCUT2D eigenvalue weighted by atomic mass is 9.83. The van der Waals surface area contributed by atoms with Crippen LogP contribution in [0.2, 0.25) is 0 Å². The number of unbranched alkanes of at least 4 members (excludes halogenated alkanes) is 4. The molecule has 0 saturated carbocycles. The molecule has 0 saturated heterocycles. The van der Waals surface area contributed by atoms with Gasteiger partial charge < -0.3 is 24.7 Å². The number of fused-ring (bicyclic) bond motifs is 1. The second kappa shape index (κ2) is 13.5. The van der Waals surface area contributed by atoms with Crippen molar-refractivity contribution in [3.8, 4) is 29.1 Å². The molecular weight excluding hydrogens is 511 g/mol. The number of esters is 1. The van der Waals surface area contributed by atoms with Gasteiger partial charge in [-0.1, -0.05) is 62.9 Å². The van der Waals surface area contributed by atoms with Crippen LogP contribution < -0.4 is 24.7 Å². The van der Waals surface area contributed by atoms with E-state index in [1.54, 1.807) is 18.2 Å². The van der Waals surface area contributed by atoms with Crippen LogP contribution in [0.4, 0.5) is 4.39 Å². The lowest BCUT2D eigenvalue weighted by Crippen LogP contribution is -2.29. The van der Waals surface area contributed by atoms with Crippen molar-refractivity contribution in [1.82, 2.24) is 0 Å². The van der Waals surface area contributed by atoms with Crippen molar-refractivity contribution in [2.45, 2.75) is 58.0 Å². The molecule has 0 spiro atoms. The van der Waals surface area contributed by atoms with Gasteiger partial charge in [-0.15, -0.1) is 0 Å². The molecule has 0 radical (unpaired) electrons. The monoisotopic (exact) mass is 544 g/mol. The lowest BCUT2D eigenvalue weighted by molar-refractivity contribution is -0.141. The summed E-state index contributed by atoms with van der Waals surface area (Å²) in [5, 5.41) is 9.85. The summed E-state index contributed by atoms with van der Waals surface area (Å²) >= 11 is 0. The van der Waals surface area contributed by atoms with Gasteiger partial charge in [-0.3, -0.25) is 0 Å². The average Bonchev–Trinajstić information content (AvgIpc) is 2.95. The Bertz CT molecular complexity index is 1400. The minimum atomic E-state index is -1.06. The van der Waals surface area contributed by atoms with E-state index in [9.17, 15) is 14.4 Å². The number of nitriles is 1. The molecule has 40 heavy (non-hydrogen) atoms. The van der Waals surface area contributed by atoms with Crippen molar-refractivity contribution in [3.63, 3.8) is 0 Å². The maximum Gasteiger partial charge on any atom is 0.352 e. The third-order valence-electron chi connectivity index (χ3n) is 6.61. The van der Waals surface area contributed by atoms with Gasteiger partial charge in [0.1, 0.15) is 28.9 Å². The molecule has 8 heteroatoms. The molecule has 208 valence electrons. The lowest BCUT2D eigenvalue weighted by Gasteiger charge is -2.27. The number of nitrogens with zero attached hydrogens (tertiary/aromatic N) is 1. The molecule has 0 amide bonds. The number of benzene rings is 3. The summed E-state index contributed by atoms with van der Waals surface area (Å²) in [7, 11) is 0. The predicted molar refractivity (Wildman–Crippen MR) is 149 cm³/mol. The zero-order valence-corrected chi connectivity index (χ0v) is 22.7. The highest BCUT2D eigenvalue weighted by molar-refractivity contribution is 5.77. The minimum absolute atomic E-state index is 0.0212. The third kappa shape index (κ3) is 6.92. The fourth-order valence-corrected chi connectivity index (χ4v) is 4.47. The predicted octanol–water partition coefficient (Wildman–Crippen LogP) is 6.77. The fraction of sp³-hybridized carbons (Fsp3) is 0.312. The molecular formula is C32H33FN2O5. The number of rotatable bonds is 12. The molecule has 2 atom stereocenters. The summed E-state index contributed by atoms with van der Waals surface area (Å²) in [6, 6.07) is 20.4. The summed E-state index contributed by atoms with van der Waals surface area (Å²) in [5.74, 6) is -0.503. The quantitative estimate of drug-likeness (QED) is 0.152. The number of hydrogen-bond donors (Lipinski definition) is 1. The summed E-state index contributed by atoms with van der Waals surface area (Å²) in [5.41, 5.74) is 7.95. The maximum atomic E-state index is 13.9. The highest BCUT2D eigenvalue weighted by Crippen LogP contribution is 2.43. The Hall–Kier alpha value is -4.51. The second-order valence-corrected chi connectivity index (χ2v) is 9.57. The number of carbonyl (C=O) groups excluding carboxylic acids is 1. The first-order valence-corrected chi connectivity index (χ1v) is 13.5. The van der Waals surface area contributed by atoms with Crippen molar-refractivity contribution < 1.29 is 28.1 Å². The van der Waals surface area contributed by atoms with E-state index in [1.807, 2.05) is 24.3 Å². The van der Waals surface area contributed by atoms with Gasteiger partial charge in [0.15, 0.2) is 17.7 Å². The zero-order chi connectivity index (χ0) is 28.5. The standard InChI is InChI=1S/C32H33FN2O5/c1-3-4-5-6-9-18-37-23-14-12-22(13-15-23)30-25-17-16-24(19-29(25)40-31(35)26(30)20-34)39-32(36)21(2)38-28-11-8-7-10-27(28)33/h7-8,10-17,19,21,30H,3-6,9,18,35H2,1-2H3. The first-order valence-electron chi connectivity index (χ1n) is 13.5. The molecule has 0 aliphatic carbocycles. The van der Waals surface area contributed by atoms with Crippen molar-refractivity contribution in [3.05, 3.63) is 95.1 Å². The molecule has 1 aliphatic rings. The number of carbonyl (C=O) groups is 1. The second-order valence-electron chi connectivity index (χ2n) is 9.57. The van der Waals surface area contributed by atoms with Crippen molar-refractivity contribution in [1.29, 1.82) is 5.26 Å². The molecule has 3 aromatic carbocycles. The first kappa shape index (κ1) is 28.5. The van der Waals surface area contributed by atoms with Gasteiger partial charge in [-0.05, 0) is 49.2 Å². The molecule has 2 N–H and O–H groups in total. The Kier molecular flexibility index (Phi) is 9.63. The third-order valence-corrected chi connectivity index (χ3v) is 6.61. The Morgan fingerprint density at radius 3 is 2.50 bits per heavy atom. The fourth-order valence-electron chi connectivity index (χ4n) is 4.47. The molecule has 0 aromatic heterocycles. The van der Waals surface area contributed by atoms with Crippen LogP contribution in [-0.4, -0.2) is 18.7 Å². The molecule has 2 unspecified atom stereocenters. The van der Waals surface area contributed by atoms with Crippen molar-refractivity contribution >= 4 is 5.97 Å². The van der Waals surface area contributed by atoms with E-state index in [0.717, 1.165) is 24.2 Å². The van der Waals surface area contributed by atoms with E-state index in [2.05, 4.69) is 13.0 Å². The van der Waals surface area contributed by atoms with Gasteiger partial charge in [-0.2, -0.15) is 5.26 Å². The summed E-state index contributed by atoms with van der Waals surface area (Å²) < 4.78 is 36.4. The van der Waals surface area contributed by atoms with E-state index in [1.165, 1.54) is 50.5 Å². The molecule has 7 nitrogen and oxygen atoms in total. The van der Waals surface area contributed by atoms with Gasteiger partial charge in [0.05, 0.1) is 12.5 Å². The van der Waals surface area contributed by atoms with Crippen LogP contribution >= 0.6 is 0 Å². The molecule has 1 aliphatic heterocycles. The van der Waals surface area contributed by atoms with Gasteiger partial charge in [-0.25, -0.2) is 9.18 Å². The summed E-state index contributed by atoms with van der Waals surface area (Å²) in [4.78, 5) is 12.6. The first-order chi connectivity index (χ1) is 19.4. The largest absolute Gasteiger partial charge is 0.494 e. The van der Waals surface area contributed by atoms with E-state index in [4.69, 9.17) is 24.7 Å². The van der Waals surface area contributed by atoms with E-state index in [0.29, 0.717) is 17.9 Å². The van der Waals surface area contributed by atoms with Crippen molar-refractivity contribution in [2.75, 3.05) is 6.61 Å². The number of para-hydroxylation sites is 1. The van der Waals surface area contributed by atoms with E-state index in [-0.39, 0.29) is 23.0 Å². The van der Waals surface area contributed by atoms with Gasteiger partial charge in [0.2, 0.25) is 5.88 Å². The van der Waals surface area contributed by atoms with Gasteiger partial charge in [0, 0.05) is 11.6 Å². The number of allylic oxidation sites excluding steroid dienone is 1. The van der Waals surface area contributed by atoms with Crippen LogP contribution in [0.25, 0.3) is 0 Å². The Balaban J connectivity index is 1.46. The van der Waals surface area contributed by atoms with Gasteiger partial charge in [0.25, 0.3) is 0 Å². The Morgan fingerprint density at radius 2 is 1.77 bits per heavy atom. The minimum Gasteiger partial charge on any atom is -0.494 e. The van der Waals surface area contributed by atoms with E-state index >= 15 is 0 Å². The van der Waals surface area contributed by atoms with Crippen LogP contribution in [0.5, 0.6) is 23.0 Å². The number of hydrogen-bond acceptors (Lipinski definition) is 7. The van der Waals surface area contributed by atoms with Crippen LogP contribution in [0.3, 0.4) is 0 Å². The molecule has 1 heterocycles. The number of nitrogens with two attached hydrogens (primary N) is 1. The molecule has 4 rings (SSSR count). The highest BCUT2D eigenvalue weighted by Gasteiger charge is 2.31. The van der Waals surface area contributed by atoms with Crippen LogP contribution in [0.1, 0.15) is 63.0 Å². The number of halogens is 1. The summed E-state index contributed by atoms with van der Waals surface area (Å²) in [6.45, 7) is 4.32. The average molecular weight is 545 g/mol. The van der Waals surface area contributed by atoms with Crippen LogP contribution in [-0.2, 0) is 4.79 Å². The molecule has 0 bridgehead atoms. The Morgan fingerprint density at radius 1 is 1.05 bits per heavy atom. The SMILES string of the molecule is CCCCCCCOc1ccc(C2C(C#N)=C(N)Oc3cc(OC(=O)C(C)Oc4ccccc4F)ccc32)cc1. The Labute approximate surface area is 233 Å². The zero-order valence-electron chi connectivity index (χ0n) is 22.7.